The van der Waals surface area contributed by atoms with Crippen molar-refractivity contribution in [3.05, 3.63) is 59.6 Å². The summed E-state index contributed by atoms with van der Waals surface area (Å²) in [5.74, 6) is 0.576. The summed E-state index contributed by atoms with van der Waals surface area (Å²) in [6.45, 7) is 0. The van der Waals surface area contributed by atoms with E-state index in [4.69, 9.17) is 20.8 Å². The minimum Gasteiger partial charge on any atom is -0.495 e. The topological polar surface area (TPSA) is 77.2 Å². The van der Waals surface area contributed by atoms with Crippen LogP contribution in [0, 0.1) is 0 Å². The Morgan fingerprint density at radius 3 is 2.85 bits per heavy atom. The predicted molar refractivity (Wildman–Crippen MR) is 101 cm³/mol. The molecule has 0 radical (unpaired) electrons. The van der Waals surface area contributed by atoms with Gasteiger partial charge >= 0.3 is 0 Å². The van der Waals surface area contributed by atoms with Crippen molar-refractivity contribution in [2.75, 3.05) is 12.4 Å². The second-order valence-electron chi connectivity index (χ2n) is 5.32. The molecule has 8 heteroatoms. The van der Waals surface area contributed by atoms with Crippen LogP contribution in [0.5, 0.6) is 5.75 Å². The second-order valence-corrected chi connectivity index (χ2v) is 6.76. The Bertz CT molecular complexity index is 1090. The zero-order chi connectivity index (χ0) is 18.1. The molecule has 0 saturated heterocycles. The van der Waals surface area contributed by atoms with Crippen LogP contribution in [-0.4, -0.2) is 23.0 Å². The first kappa shape index (κ1) is 16.6. The first-order valence-electron chi connectivity index (χ1n) is 7.60. The third-order valence-corrected chi connectivity index (χ3v) is 4.93. The highest BCUT2D eigenvalue weighted by Gasteiger charge is 2.20. The van der Waals surface area contributed by atoms with E-state index < -0.39 is 5.91 Å². The molecule has 2 aromatic heterocycles. The van der Waals surface area contributed by atoms with Gasteiger partial charge in [-0.25, -0.2) is 9.97 Å². The van der Waals surface area contributed by atoms with E-state index in [1.807, 2.05) is 30.3 Å². The number of halogens is 1. The normalized spacial score (nSPS) is 10.8. The highest BCUT2D eigenvalue weighted by atomic mass is 35.5. The average Bonchev–Trinajstić information content (AvgIpc) is 3.28. The van der Waals surface area contributed by atoms with E-state index in [9.17, 15) is 4.79 Å². The molecule has 130 valence electrons. The number of anilines is 1. The maximum Gasteiger partial charge on any atom is 0.280 e. The van der Waals surface area contributed by atoms with E-state index in [1.54, 1.807) is 19.2 Å². The molecule has 1 amide bonds. The van der Waals surface area contributed by atoms with E-state index >= 15 is 0 Å². The van der Waals surface area contributed by atoms with Crippen molar-refractivity contribution in [3.8, 4) is 17.1 Å². The van der Waals surface area contributed by atoms with Gasteiger partial charge in [0.15, 0.2) is 23.0 Å². The minimum atomic E-state index is -0.394. The number of hydrogen-bond donors (Lipinski definition) is 1. The van der Waals surface area contributed by atoms with E-state index in [2.05, 4.69) is 15.3 Å². The van der Waals surface area contributed by atoms with Crippen molar-refractivity contribution in [1.82, 2.24) is 9.97 Å². The average molecular weight is 386 g/mol. The first-order valence-corrected chi connectivity index (χ1v) is 8.79. The fourth-order valence-electron chi connectivity index (χ4n) is 2.50. The lowest BCUT2D eigenvalue weighted by Gasteiger charge is -2.01. The van der Waals surface area contributed by atoms with Gasteiger partial charge in [0, 0.05) is 11.6 Å². The molecule has 0 atom stereocenters. The van der Waals surface area contributed by atoms with Crippen molar-refractivity contribution in [2.45, 2.75) is 0 Å². The molecular weight excluding hydrogens is 374 g/mol. The van der Waals surface area contributed by atoms with Crippen LogP contribution < -0.4 is 10.1 Å². The Labute approximate surface area is 157 Å². The number of nitrogens with zero attached hydrogens (tertiary/aromatic N) is 2. The van der Waals surface area contributed by atoms with Gasteiger partial charge in [0.1, 0.15) is 5.75 Å². The Morgan fingerprint density at radius 2 is 2.08 bits per heavy atom. The van der Waals surface area contributed by atoms with Crippen molar-refractivity contribution >= 4 is 44.2 Å². The number of fused-ring (bicyclic) bond motifs is 1. The summed E-state index contributed by atoms with van der Waals surface area (Å²) < 4.78 is 11.4. The molecule has 0 aliphatic heterocycles. The monoisotopic (exact) mass is 385 g/mol. The number of hydrogen-bond acceptors (Lipinski definition) is 6. The largest absolute Gasteiger partial charge is 0.495 e. The minimum absolute atomic E-state index is 0.200. The van der Waals surface area contributed by atoms with Gasteiger partial charge < -0.3 is 9.15 Å². The molecule has 2 aromatic carbocycles. The summed E-state index contributed by atoms with van der Waals surface area (Å²) in [5.41, 5.74) is 1.65. The Balaban J connectivity index is 1.63. The molecule has 0 bridgehead atoms. The van der Waals surface area contributed by atoms with Crippen LogP contribution in [-0.2, 0) is 0 Å². The van der Waals surface area contributed by atoms with Crippen LogP contribution >= 0.6 is 22.9 Å². The number of nitrogens with one attached hydrogen (secondary N) is 1. The number of oxazole rings is 1. The van der Waals surface area contributed by atoms with Crippen LogP contribution in [0.25, 0.3) is 21.5 Å². The van der Waals surface area contributed by atoms with Gasteiger partial charge in [-0.05, 0) is 6.07 Å². The molecule has 0 aliphatic carbocycles. The summed E-state index contributed by atoms with van der Waals surface area (Å²) in [6, 6.07) is 12.8. The van der Waals surface area contributed by atoms with Crippen molar-refractivity contribution in [2.24, 2.45) is 0 Å². The zero-order valence-electron chi connectivity index (χ0n) is 13.5. The Hall–Kier alpha value is -2.90. The summed E-state index contributed by atoms with van der Waals surface area (Å²) in [5, 5.41) is 3.67. The maximum absolute atomic E-state index is 12.6. The van der Waals surface area contributed by atoms with Gasteiger partial charge in [0.25, 0.3) is 5.91 Å². The maximum atomic E-state index is 12.6. The number of carbonyl (C=O) groups excluding carboxylic acids is 1. The molecule has 2 heterocycles. The Morgan fingerprint density at radius 1 is 1.27 bits per heavy atom. The second kappa shape index (κ2) is 6.78. The van der Waals surface area contributed by atoms with Crippen LogP contribution in [0.15, 0.2) is 53.3 Å². The lowest BCUT2D eigenvalue weighted by molar-refractivity contribution is 0.102. The standard InChI is InChI=1S/C18H12ClN3O3S/c1-24-13-8-14-12(7-11(13)19)21-18(26-14)22-17(23)15-16(25-9-20-15)10-5-3-2-4-6-10/h2-9H,1H3,(H,21,22,23). The van der Waals surface area contributed by atoms with Crippen LogP contribution in [0.4, 0.5) is 5.13 Å². The lowest BCUT2D eigenvalue weighted by atomic mass is 10.1. The van der Waals surface area contributed by atoms with Crippen molar-refractivity contribution in [3.63, 3.8) is 0 Å². The SMILES string of the molecule is COc1cc2sc(NC(=O)c3ncoc3-c3ccccc3)nc2cc1Cl. The number of aromatic nitrogens is 2. The molecule has 1 N–H and O–H groups in total. The van der Waals surface area contributed by atoms with Gasteiger partial charge in [-0.2, -0.15) is 0 Å². The molecular formula is C18H12ClN3O3S. The van der Waals surface area contributed by atoms with Gasteiger partial charge in [0.05, 0.1) is 22.3 Å². The highest BCUT2D eigenvalue weighted by molar-refractivity contribution is 7.22. The summed E-state index contributed by atoms with van der Waals surface area (Å²) in [4.78, 5) is 21.0. The van der Waals surface area contributed by atoms with Gasteiger partial charge in [0.2, 0.25) is 0 Å². The molecule has 26 heavy (non-hydrogen) atoms. The van der Waals surface area contributed by atoms with Crippen LogP contribution in [0.2, 0.25) is 5.02 Å². The molecule has 0 unspecified atom stereocenters. The van der Waals surface area contributed by atoms with Crippen LogP contribution in [0.3, 0.4) is 0 Å². The molecule has 6 nitrogen and oxygen atoms in total. The molecule has 0 spiro atoms. The zero-order valence-corrected chi connectivity index (χ0v) is 15.1. The molecule has 0 fully saturated rings. The van der Waals surface area contributed by atoms with Crippen LogP contribution in [0.1, 0.15) is 10.5 Å². The number of benzene rings is 2. The molecule has 0 saturated carbocycles. The number of amides is 1. The fraction of sp³-hybridized carbons (Fsp3) is 0.0556. The number of carbonyl (C=O) groups is 1. The van der Waals surface area contributed by atoms with Crippen molar-refractivity contribution in [1.29, 1.82) is 0 Å². The number of rotatable bonds is 4. The Kier molecular flexibility index (Phi) is 4.32. The van der Waals surface area contributed by atoms with E-state index in [1.165, 1.54) is 17.7 Å². The van der Waals surface area contributed by atoms with E-state index in [0.717, 1.165) is 10.3 Å². The number of ether oxygens (including phenoxy) is 1. The third kappa shape index (κ3) is 3.02. The summed E-state index contributed by atoms with van der Waals surface area (Å²) in [6.07, 6.45) is 1.25. The molecule has 4 aromatic rings. The summed E-state index contributed by atoms with van der Waals surface area (Å²) in [7, 11) is 1.55. The van der Waals surface area contributed by atoms with Gasteiger partial charge in [-0.3, -0.25) is 10.1 Å². The summed E-state index contributed by atoms with van der Waals surface area (Å²) >= 11 is 7.44. The van der Waals surface area contributed by atoms with Gasteiger partial charge in [-0.1, -0.05) is 53.3 Å². The van der Waals surface area contributed by atoms with E-state index in [-0.39, 0.29) is 5.69 Å². The first-order chi connectivity index (χ1) is 12.7. The smallest absolute Gasteiger partial charge is 0.280 e. The number of thiazole rings is 1. The third-order valence-electron chi connectivity index (χ3n) is 3.70. The quantitative estimate of drug-likeness (QED) is 0.542. The van der Waals surface area contributed by atoms with E-state index in [0.29, 0.717) is 27.2 Å². The van der Waals surface area contributed by atoms with Gasteiger partial charge in [-0.15, -0.1) is 0 Å². The lowest BCUT2D eigenvalue weighted by Crippen LogP contribution is -2.13. The highest BCUT2D eigenvalue weighted by Crippen LogP contribution is 2.34. The molecule has 0 aliphatic rings. The predicted octanol–water partition coefficient (Wildman–Crippen LogP) is 4.87. The fourth-order valence-corrected chi connectivity index (χ4v) is 3.60. The van der Waals surface area contributed by atoms with Crippen molar-refractivity contribution < 1.29 is 13.9 Å². The molecule has 4 rings (SSSR count). The number of methoxy groups -OCH3 is 1.